The second-order valence-electron chi connectivity index (χ2n) is 8.31. The van der Waals surface area contributed by atoms with Crippen LogP contribution in [0.15, 0.2) is 71.4 Å². The van der Waals surface area contributed by atoms with E-state index in [0.29, 0.717) is 16.9 Å². The molecule has 7 heteroatoms. The Bertz CT molecular complexity index is 1360. The number of nitrogens with zero attached hydrogens (tertiary/aromatic N) is 1. The van der Waals surface area contributed by atoms with Crippen molar-refractivity contribution in [1.29, 1.82) is 0 Å². The smallest absolute Gasteiger partial charge is 0.283 e. The molecule has 3 aromatic carbocycles. The Morgan fingerprint density at radius 3 is 2.21 bits per heavy atom. The van der Waals surface area contributed by atoms with Crippen molar-refractivity contribution < 1.29 is 14.4 Å². The Hall–Kier alpha value is -3.90. The summed E-state index contributed by atoms with van der Waals surface area (Å²) in [6.07, 6.45) is 0. The molecule has 2 N–H and O–H groups in total. The fourth-order valence-electron chi connectivity index (χ4n) is 3.64. The highest BCUT2D eigenvalue weighted by Gasteiger charge is 2.39. The minimum absolute atomic E-state index is 0.00233. The monoisotopic (exact) mass is 473 g/mol. The zero-order chi connectivity index (χ0) is 24.6. The minimum Gasteiger partial charge on any atom is -0.350 e. The predicted octanol–water partition coefficient (Wildman–Crippen LogP) is 5.61. The third-order valence-corrected chi connectivity index (χ3v) is 6.40. The van der Waals surface area contributed by atoms with E-state index in [2.05, 4.69) is 10.6 Å². The Kier molecular flexibility index (Phi) is 6.26. The zero-order valence-electron chi connectivity index (χ0n) is 19.3. The highest BCUT2D eigenvalue weighted by molar-refractivity contribution is 6.53. The first-order valence-corrected chi connectivity index (χ1v) is 11.2. The number of aryl methyl sites for hydroxylation is 3. The topological polar surface area (TPSA) is 78.5 Å². The van der Waals surface area contributed by atoms with Crippen LogP contribution < -0.4 is 15.5 Å². The molecule has 0 unspecified atom stereocenters. The van der Waals surface area contributed by atoms with Gasteiger partial charge in [-0.25, -0.2) is 4.90 Å². The SMILES string of the molecule is Cc1ccc(N2C(=O)C(Cl)=C(Nc3ccc(C(=O)Nc4cccc(C)c4C)cc3)C2=O)cc1C. The van der Waals surface area contributed by atoms with Crippen LogP contribution in [0.1, 0.15) is 32.6 Å². The summed E-state index contributed by atoms with van der Waals surface area (Å²) in [6, 6.07) is 17.7. The van der Waals surface area contributed by atoms with Crippen molar-refractivity contribution in [2.24, 2.45) is 0 Å². The zero-order valence-corrected chi connectivity index (χ0v) is 20.1. The summed E-state index contributed by atoms with van der Waals surface area (Å²) < 4.78 is 0. The van der Waals surface area contributed by atoms with Gasteiger partial charge >= 0.3 is 0 Å². The van der Waals surface area contributed by atoms with Gasteiger partial charge in [0.25, 0.3) is 17.7 Å². The highest BCUT2D eigenvalue weighted by Crippen LogP contribution is 2.31. The lowest BCUT2D eigenvalue weighted by Gasteiger charge is -2.16. The Morgan fingerprint density at radius 2 is 1.53 bits per heavy atom. The number of rotatable bonds is 5. The average molecular weight is 474 g/mol. The Labute approximate surface area is 203 Å². The van der Waals surface area contributed by atoms with Crippen molar-refractivity contribution in [3.8, 4) is 0 Å². The third-order valence-electron chi connectivity index (χ3n) is 6.05. The average Bonchev–Trinajstić information content (AvgIpc) is 3.02. The van der Waals surface area contributed by atoms with Gasteiger partial charge in [0.05, 0.1) is 5.69 Å². The molecule has 172 valence electrons. The fourth-order valence-corrected chi connectivity index (χ4v) is 3.85. The quantitative estimate of drug-likeness (QED) is 0.472. The van der Waals surface area contributed by atoms with Gasteiger partial charge in [-0.15, -0.1) is 0 Å². The molecular formula is C27H24ClN3O3. The molecule has 0 radical (unpaired) electrons. The number of anilines is 3. The summed E-state index contributed by atoms with van der Waals surface area (Å²) >= 11 is 6.23. The standard InChI is InChI=1S/C27H24ClN3O3/c1-15-8-13-21(14-17(15)3)31-26(33)23(28)24(27(31)34)29-20-11-9-19(10-12-20)25(32)30-22-7-5-6-16(2)18(22)4/h5-14,29H,1-4H3,(H,30,32). The highest BCUT2D eigenvalue weighted by atomic mass is 35.5. The molecule has 1 aliphatic heterocycles. The van der Waals surface area contributed by atoms with Gasteiger partial charge in [0.1, 0.15) is 10.7 Å². The maximum absolute atomic E-state index is 13.0. The van der Waals surface area contributed by atoms with Gasteiger partial charge in [0, 0.05) is 16.9 Å². The number of imide groups is 1. The van der Waals surface area contributed by atoms with E-state index in [1.54, 1.807) is 36.4 Å². The van der Waals surface area contributed by atoms with Crippen molar-refractivity contribution in [1.82, 2.24) is 0 Å². The number of carbonyl (C=O) groups is 3. The molecule has 0 fully saturated rings. The predicted molar refractivity (Wildman–Crippen MR) is 135 cm³/mol. The van der Waals surface area contributed by atoms with E-state index in [1.165, 1.54) is 0 Å². The molecule has 6 nitrogen and oxygen atoms in total. The molecule has 4 rings (SSSR count). The van der Waals surface area contributed by atoms with Gasteiger partial charge in [-0.2, -0.15) is 0 Å². The summed E-state index contributed by atoms with van der Waals surface area (Å²) in [5.41, 5.74) is 6.32. The second-order valence-corrected chi connectivity index (χ2v) is 8.69. The molecule has 0 aromatic heterocycles. The number of halogens is 1. The van der Waals surface area contributed by atoms with Crippen molar-refractivity contribution >= 4 is 46.4 Å². The Morgan fingerprint density at radius 1 is 0.824 bits per heavy atom. The van der Waals surface area contributed by atoms with E-state index in [9.17, 15) is 14.4 Å². The molecular weight excluding hydrogens is 450 g/mol. The molecule has 3 aromatic rings. The van der Waals surface area contributed by atoms with Gasteiger partial charge in [-0.3, -0.25) is 14.4 Å². The lowest BCUT2D eigenvalue weighted by molar-refractivity contribution is -0.120. The number of hydrogen-bond acceptors (Lipinski definition) is 4. The van der Waals surface area contributed by atoms with Crippen LogP contribution in [-0.2, 0) is 9.59 Å². The number of carbonyl (C=O) groups excluding carboxylic acids is 3. The van der Waals surface area contributed by atoms with Gasteiger partial charge < -0.3 is 10.6 Å². The fraction of sp³-hybridized carbons (Fsp3) is 0.148. The van der Waals surface area contributed by atoms with Crippen molar-refractivity contribution in [3.05, 3.63) is 99.2 Å². The van der Waals surface area contributed by atoms with Crippen molar-refractivity contribution in [2.75, 3.05) is 15.5 Å². The maximum Gasteiger partial charge on any atom is 0.283 e. The molecule has 0 saturated carbocycles. The summed E-state index contributed by atoms with van der Waals surface area (Å²) in [7, 11) is 0. The van der Waals surface area contributed by atoms with Crippen molar-refractivity contribution in [2.45, 2.75) is 27.7 Å². The van der Waals surface area contributed by atoms with E-state index in [1.807, 2.05) is 52.0 Å². The molecule has 0 saturated heterocycles. The molecule has 3 amide bonds. The van der Waals surface area contributed by atoms with Crippen LogP contribution in [0.25, 0.3) is 0 Å². The molecule has 1 heterocycles. The first-order chi connectivity index (χ1) is 16.2. The lowest BCUT2D eigenvalue weighted by Crippen LogP contribution is -2.32. The first kappa shape index (κ1) is 23.3. The van der Waals surface area contributed by atoms with E-state index in [0.717, 1.165) is 32.8 Å². The van der Waals surface area contributed by atoms with Gasteiger partial charge in [-0.1, -0.05) is 29.8 Å². The largest absolute Gasteiger partial charge is 0.350 e. The van der Waals surface area contributed by atoms with E-state index >= 15 is 0 Å². The summed E-state index contributed by atoms with van der Waals surface area (Å²) in [5, 5.41) is 5.67. The van der Waals surface area contributed by atoms with Crippen LogP contribution in [-0.4, -0.2) is 17.7 Å². The Balaban J connectivity index is 1.50. The van der Waals surface area contributed by atoms with Crippen LogP contribution in [0.2, 0.25) is 0 Å². The third kappa shape index (κ3) is 4.32. The van der Waals surface area contributed by atoms with E-state index < -0.39 is 11.8 Å². The first-order valence-electron chi connectivity index (χ1n) is 10.8. The molecule has 34 heavy (non-hydrogen) atoms. The number of amides is 3. The van der Waals surface area contributed by atoms with Gasteiger partial charge in [0.2, 0.25) is 0 Å². The van der Waals surface area contributed by atoms with Gasteiger partial charge in [0.15, 0.2) is 0 Å². The lowest BCUT2D eigenvalue weighted by atomic mass is 10.1. The second kappa shape index (κ2) is 9.15. The molecule has 0 spiro atoms. The molecule has 0 aliphatic carbocycles. The summed E-state index contributed by atoms with van der Waals surface area (Å²) in [5.74, 6) is -1.36. The minimum atomic E-state index is -0.582. The number of nitrogens with one attached hydrogen (secondary N) is 2. The van der Waals surface area contributed by atoms with Crippen LogP contribution in [0.4, 0.5) is 17.1 Å². The normalized spacial score (nSPS) is 13.5. The van der Waals surface area contributed by atoms with Gasteiger partial charge in [-0.05, 0) is 92.4 Å². The van der Waals surface area contributed by atoms with Crippen LogP contribution in [0, 0.1) is 27.7 Å². The van der Waals surface area contributed by atoms with Crippen LogP contribution in [0.5, 0.6) is 0 Å². The molecule has 1 aliphatic rings. The summed E-state index contributed by atoms with van der Waals surface area (Å²) in [4.78, 5) is 39.4. The summed E-state index contributed by atoms with van der Waals surface area (Å²) in [6.45, 7) is 7.81. The maximum atomic E-state index is 13.0. The van der Waals surface area contributed by atoms with E-state index in [-0.39, 0.29) is 16.6 Å². The number of benzene rings is 3. The van der Waals surface area contributed by atoms with Crippen LogP contribution >= 0.6 is 11.6 Å². The van der Waals surface area contributed by atoms with Crippen molar-refractivity contribution in [3.63, 3.8) is 0 Å². The van der Waals surface area contributed by atoms with Crippen LogP contribution in [0.3, 0.4) is 0 Å². The molecule has 0 atom stereocenters. The van der Waals surface area contributed by atoms with E-state index in [4.69, 9.17) is 11.6 Å². The molecule has 0 bridgehead atoms. The number of hydrogen-bond donors (Lipinski definition) is 2.